The molecule has 1 saturated heterocycles. The Bertz CT molecular complexity index is 524. The fraction of sp³-hybridized carbons (Fsp3) is 0.688. The predicted molar refractivity (Wildman–Crippen MR) is 83.0 cm³/mol. The summed E-state index contributed by atoms with van der Waals surface area (Å²) in [5.41, 5.74) is 1.32. The van der Waals surface area contributed by atoms with Crippen LogP contribution in [0, 0.1) is 0 Å². The SMILES string of the molecule is CCc1cc(B2OC(C)(C)C(C)(C)O2)ncc1OC1CC1. The summed E-state index contributed by atoms with van der Waals surface area (Å²) in [6, 6.07) is 2.06. The maximum Gasteiger partial charge on any atom is 0.514 e. The Morgan fingerprint density at radius 2 is 1.86 bits per heavy atom. The molecule has 4 nitrogen and oxygen atoms in total. The molecule has 0 radical (unpaired) electrons. The first-order valence-electron chi connectivity index (χ1n) is 7.83. The number of aryl methyl sites for hydroxylation is 1. The van der Waals surface area contributed by atoms with Gasteiger partial charge in [-0.2, -0.15) is 0 Å². The molecule has 3 rings (SSSR count). The fourth-order valence-corrected chi connectivity index (χ4v) is 2.34. The predicted octanol–water partition coefficient (Wildman–Crippen LogP) is 2.48. The zero-order chi connectivity index (χ0) is 15.3. The lowest BCUT2D eigenvalue weighted by Crippen LogP contribution is -2.41. The van der Waals surface area contributed by atoms with E-state index in [1.807, 2.05) is 6.20 Å². The highest BCUT2D eigenvalue weighted by Gasteiger charge is 2.52. The van der Waals surface area contributed by atoms with E-state index in [1.54, 1.807) is 0 Å². The van der Waals surface area contributed by atoms with Crippen LogP contribution in [0.15, 0.2) is 12.3 Å². The van der Waals surface area contributed by atoms with Gasteiger partial charge in [-0.05, 0) is 58.6 Å². The average molecular weight is 289 g/mol. The molecule has 2 aliphatic rings. The zero-order valence-electron chi connectivity index (χ0n) is 13.6. The van der Waals surface area contributed by atoms with Crippen LogP contribution in [-0.4, -0.2) is 29.4 Å². The summed E-state index contributed by atoms with van der Waals surface area (Å²) in [4.78, 5) is 4.51. The first kappa shape index (κ1) is 14.9. The van der Waals surface area contributed by atoms with Crippen molar-refractivity contribution in [2.24, 2.45) is 0 Å². The van der Waals surface area contributed by atoms with Crippen LogP contribution in [-0.2, 0) is 15.7 Å². The van der Waals surface area contributed by atoms with Crippen molar-refractivity contribution in [1.29, 1.82) is 0 Å². The van der Waals surface area contributed by atoms with E-state index in [0.29, 0.717) is 6.10 Å². The third-order valence-electron chi connectivity index (χ3n) is 4.66. The molecule has 1 saturated carbocycles. The summed E-state index contributed by atoms with van der Waals surface area (Å²) in [7, 11) is -0.407. The highest BCUT2D eigenvalue weighted by atomic mass is 16.7. The summed E-state index contributed by atoms with van der Waals surface area (Å²) < 4.78 is 18.0. The largest absolute Gasteiger partial charge is 0.514 e. The van der Waals surface area contributed by atoms with E-state index in [0.717, 1.165) is 30.6 Å². The van der Waals surface area contributed by atoms with Crippen LogP contribution in [0.3, 0.4) is 0 Å². The summed E-state index contributed by atoms with van der Waals surface area (Å²) >= 11 is 0. The van der Waals surface area contributed by atoms with Gasteiger partial charge in [0.25, 0.3) is 0 Å². The number of rotatable bonds is 4. The van der Waals surface area contributed by atoms with E-state index in [2.05, 4.69) is 45.7 Å². The maximum atomic E-state index is 6.06. The van der Waals surface area contributed by atoms with Crippen molar-refractivity contribution < 1.29 is 14.0 Å². The highest BCUT2D eigenvalue weighted by molar-refractivity contribution is 6.61. The summed E-state index contributed by atoms with van der Waals surface area (Å²) in [6.07, 6.45) is 5.43. The Morgan fingerprint density at radius 1 is 1.24 bits per heavy atom. The number of ether oxygens (including phenoxy) is 1. The smallest absolute Gasteiger partial charge is 0.489 e. The van der Waals surface area contributed by atoms with Crippen molar-refractivity contribution in [3.8, 4) is 5.75 Å². The van der Waals surface area contributed by atoms with Crippen LogP contribution in [0.2, 0.25) is 0 Å². The van der Waals surface area contributed by atoms with Gasteiger partial charge < -0.3 is 14.0 Å². The maximum absolute atomic E-state index is 6.06. The van der Waals surface area contributed by atoms with Gasteiger partial charge in [0.05, 0.1) is 29.1 Å². The molecule has 2 fully saturated rings. The van der Waals surface area contributed by atoms with Crippen LogP contribution >= 0.6 is 0 Å². The van der Waals surface area contributed by atoms with E-state index in [9.17, 15) is 0 Å². The standard InChI is InChI=1S/C16H24BNO3/c1-6-11-9-14(18-10-13(11)19-12-7-8-12)17-20-15(2,3)16(4,5)21-17/h9-10,12H,6-8H2,1-5H3. The van der Waals surface area contributed by atoms with Crippen molar-refractivity contribution in [2.45, 2.75) is 71.2 Å². The van der Waals surface area contributed by atoms with Crippen LogP contribution in [0.25, 0.3) is 0 Å². The van der Waals surface area contributed by atoms with Crippen molar-refractivity contribution in [3.63, 3.8) is 0 Å². The van der Waals surface area contributed by atoms with Crippen LogP contribution in [0.4, 0.5) is 0 Å². The molecule has 21 heavy (non-hydrogen) atoms. The lowest BCUT2D eigenvalue weighted by atomic mass is 9.83. The van der Waals surface area contributed by atoms with Gasteiger partial charge in [-0.3, -0.25) is 4.98 Å². The normalized spacial score (nSPS) is 23.4. The van der Waals surface area contributed by atoms with Gasteiger partial charge in [-0.25, -0.2) is 0 Å². The van der Waals surface area contributed by atoms with Gasteiger partial charge in [0, 0.05) is 0 Å². The average Bonchev–Trinajstić information content (AvgIpc) is 3.17. The van der Waals surface area contributed by atoms with E-state index < -0.39 is 7.12 Å². The molecular formula is C16H24BNO3. The quantitative estimate of drug-likeness (QED) is 0.798. The second-order valence-corrected chi connectivity index (χ2v) is 6.98. The zero-order valence-corrected chi connectivity index (χ0v) is 13.6. The van der Waals surface area contributed by atoms with E-state index >= 15 is 0 Å². The van der Waals surface area contributed by atoms with Gasteiger partial charge in [-0.15, -0.1) is 0 Å². The molecule has 1 aromatic rings. The molecule has 0 amide bonds. The molecule has 2 heterocycles. The summed E-state index contributed by atoms with van der Waals surface area (Å²) in [6.45, 7) is 10.3. The fourth-order valence-electron chi connectivity index (χ4n) is 2.34. The van der Waals surface area contributed by atoms with Gasteiger partial charge in [0.1, 0.15) is 5.75 Å². The van der Waals surface area contributed by atoms with E-state index in [1.165, 1.54) is 5.56 Å². The topological polar surface area (TPSA) is 40.6 Å². The van der Waals surface area contributed by atoms with Crippen molar-refractivity contribution in [3.05, 3.63) is 17.8 Å². The van der Waals surface area contributed by atoms with Gasteiger partial charge in [0.2, 0.25) is 0 Å². The minimum absolute atomic E-state index is 0.338. The molecule has 1 aliphatic carbocycles. The Balaban J connectivity index is 1.83. The molecule has 114 valence electrons. The Morgan fingerprint density at radius 3 is 2.38 bits per heavy atom. The molecule has 0 bridgehead atoms. The van der Waals surface area contributed by atoms with E-state index in [4.69, 9.17) is 14.0 Å². The number of pyridine rings is 1. The van der Waals surface area contributed by atoms with Crippen molar-refractivity contribution in [2.75, 3.05) is 0 Å². The molecular weight excluding hydrogens is 265 g/mol. The molecule has 0 unspecified atom stereocenters. The highest BCUT2D eigenvalue weighted by Crippen LogP contribution is 2.36. The number of hydrogen-bond acceptors (Lipinski definition) is 4. The molecule has 1 aliphatic heterocycles. The lowest BCUT2D eigenvalue weighted by Gasteiger charge is -2.32. The Hall–Kier alpha value is -1.07. The van der Waals surface area contributed by atoms with Crippen molar-refractivity contribution in [1.82, 2.24) is 4.98 Å². The van der Waals surface area contributed by atoms with Crippen LogP contribution in [0.5, 0.6) is 5.75 Å². The lowest BCUT2D eigenvalue weighted by molar-refractivity contribution is 0.00578. The molecule has 0 atom stereocenters. The molecule has 1 aromatic heterocycles. The molecule has 5 heteroatoms. The summed E-state index contributed by atoms with van der Waals surface area (Å²) in [5, 5.41) is 0. The molecule has 0 N–H and O–H groups in total. The van der Waals surface area contributed by atoms with Gasteiger partial charge in [-0.1, -0.05) is 6.92 Å². The first-order chi connectivity index (χ1) is 9.82. The number of aromatic nitrogens is 1. The van der Waals surface area contributed by atoms with Gasteiger partial charge >= 0.3 is 7.12 Å². The third kappa shape index (κ3) is 2.81. The second kappa shape index (κ2) is 4.99. The number of nitrogens with zero attached hydrogens (tertiary/aromatic N) is 1. The Labute approximate surface area is 127 Å². The van der Waals surface area contributed by atoms with Crippen LogP contribution < -0.4 is 10.3 Å². The molecule has 0 spiro atoms. The monoisotopic (exact) mass is 289 g/mol. The van der Waals surface area contributed by atoms with E-state index in [-0.39, 0.29) is 11.2 Å². The number of hydrogen-bond donors (Lipinski definition) is 0. The minimum atomic E-state index is -0.407. The molecule has 0 aromatic carbocycles. The Kier molecular flexibility index (Phi) is 3.53. The van der Waals surface area contributed by atoms with Crippen molar-refractivity contribution >= 4 is 12.7 Å². The minimum Gasteiger partial charge on any atom is -0.489 e. The first-order valence-corrected chi connectivity index (χ1v) is 7.83. The van der Waals surface area contributed by atoms with Crippen LogP contribution in [0.1, 0.15) is 53.0 Å². The second-order valence-electron chi connectivity index (χ2n) is 6.98. The summed E-state index contributed by atoms with van der Waals surface area (Å²) in [5.74, 6) is 0.903. The van der Waals surface area contributed by atoms with Gasteiger partial charge in [0.15, 0.2) is 0 Å². The third-order valence-corrected chi connectivity index (χ3v) is 4.66.